The third-order valence-electron chi connectivity index (χ3n) is 4.14. The molecule has 1 saturated carbocycles. The molecule has 1 fully saturated rings. The molecule has 0 bridgehead atoms. The van der Waals surface area contributed by atoms with Gasteiger partial charge in [0.2, 0.25) is 0 Å². The molecule has 0 N–H and O–H groups in total. The van der Waals surface area contributed by atoms with Crippen molar-refractivity contribution in [1.29, 1.82) is 0 Å². The molecular weight excluding hydrogens is 204 g/mol. The zero-order chi connectivity index (χ0) is 11.8. The van der Waals surface area contributed by atoms with Crippen LogP contribution in [-0.2, 0) is 14.3 Å². The van der Waals surface area contributed by atoms with Crippen LogP contribution in [0.5, 0.6) is 0 Å². The monoisotopic (exact) mass is 224 g/mol. The number of hydrogen-bond acceptors (Lipinski definition) is 3. The summed E-state index contributed by atoms with van der Waals surface area (Å²) in [5.41, 5.74) is -0.874. The van der Waals surface area contributed by atoms with Gasteiger partial charge in [0.25, 0.3) is 0 Å². The van der Waals surface area contributed by atoms with Gasteiger partial charge < -0.3 is 9.47 Å². The highest BCUT2D eigenvalue weighted by Crippen LogP contribution is 2.55. The van der Waals surface area contributed by atoms with E-state index in [1.54, 1.807) is 0 Å². The Hall–Kier alpha value is -0.990. The van der Waals surface area contributed by atoms with Crippen LogP contribution < -0.4 is 0 Å². The number of carbonyl (C=O) groups excluding carboxylic acids is 1. The third-order valence-corrected chi connectivity index (χ3v) is 4.14. The largest absolute Gasteiger partial charge is 0.491 e. The fourth-order valence-electron chi connectivity index (χ4n) is 3.39. The predicted molar refractivity (Wildman–Crippen MR) is 60.8 cm³/mol. The van der Waals surface area contributed by atoms with E-state index in [-0.39, 0.29) is 11.6 Å². The molecular formula is C13H20O3. The summed E-state index contributed by atoms with van der Waals surface area (Å²) in [5.74, 6) is 0.736. The Morgan fingerprint density at radius 2 is 2.19 bits per heavy atom. The molecule has 3 heteroatoms. The molecule has 0 unspecified atom stereocenters. The second-order valence-electron chi connectivity index (χ2n) is 4.87. The molecule has 0 aromatic carbocycles. The first-order valence-electron chi connectivity index (χ1n) is 6.07. The maximum atomic E-state index is 12.1. The van der Waals surface area contributed by atoms with Gasteiger partial charge in [-0.1, -0.05) is 13.3 Å². The summed E-state index contributed by atoms with van der Waals surface area (Å²) in [7, 11) is 1.47. The molecule has 1 heterocycles. The zero-order valence-corrected chi connectivity index (χ0v) is 10.3. The predicted octanol–water partition coefficient (Wildman–Crippen LogP) is 2.80. The Bertz CT molecular complexity index is 334. The van der Waals surface area contributed by atoms with Crippen molar-refractivity contribution in [2.24, 2.45) is 5.41 Å². The Morgan fingerprint density at radius 1 is 1.50 bits per heavy atom. The zero-order valence-electron chi connectivity index (χ0n) is 10.3. The SMILES string of the molecule is CC[C@@]12CCCC[C@]1(C(=O)OC)C=C(C)O2. The Morgan fingerprint density at radius 3 is 2.81 bits per heavy atom. The highest BCUT2D eigenvalue weighted by molar-refractivity contribution is 5.82. The molecule has 3 nitrogen and oxygen atoms in total. The smallest absolute Gasteiger partial charge is 0.319 e. The lowest BCUT2D eigenvalue weighted by Crippen LogP contribution is -2.52. The van der Waals surface area contributed by atoms with Gasteiger partial charge in [-0.3, -0.25) is 4.79 Å². The Labute approximate surface area is 96.8 Å². The minimum absolute atomic E-state index is 0.133. The molecule has 1 aliphatic heterocycles. The molecule has 16 heavy (non-hydrogen) atoms. The molecule has 0 spiro atoms. The molecule has 90 valence electrons. The van der Waals surface area contributed by atoms with E-state index in [1.807, 2.05) is 13.0 Å². The van der Waals surface area contributed by atoms with Crippen molar-refractivity contribution in [3.8, 4) is 0 Å². The van der Waals surface area contributed by atoms with Crippen molar-refractivity contribution in [3.63, 3.8) is 0 Å². The number of ether oxygens (including phenoxy) is 2. The molecule has 1 aliphatic carbocycles. The molecule has 0 aromatic heterocycles. The number of rotatable bonds is 2. The second kappa shape index (κ2) is 3.79. The van der Waals surface area contributed by atoms with Gasteiger partial charge in [0.15, 0.2) is 0 Å². The van der Waals surface area contributed by atoms with Crippen LogP contribution in [0.2, 0.25) is 0 Å². The molecule has 0 amide bonds. The summed E-state index contributed by atoms with van der Waals surface area (Å²) < 4.78 is 11.0. The number of fused-ring (bicyclic) bond motifs is 1. The fourth-order valence-corrected chi connectivity index (χ4v) is 3.39. The van der Waals surface area contributed by atoms with Crippen molar-refractivity contribution >= 4 is 5.97 Å². The maximum absolute atomic E-state index is 12.1. The molecule has 0 aromatic rings. The van der Waals surface area contributed by atoms with E-state index in [2.05, 4.69) is 6.92 Å². The van der Waals surface area contributed by atoms with Crippen LogP contribution in [0.4, 0.5) is 0 Å². The van der Waals surface area contributed by atoms with Crippen LogP contribution in [0.15, 0.2) is 11.8 Å². The fraction of sp³-hybridized carbons (Fsp3) is 0.769. The van der Waals surface area contributed by atoms with Crippen molar-refractivity contribution in [3.05, 3.63) is 11.8 Å². The summed E-state index contributed by atoms with van der Waals surface area (Å²) >= 11 is 0. The lowest BCUT2D eigenvalue weighted by Gasteiger charge is -2.45. The van der Waals surface area contributed by atoms with E-state index in [9.17, 15) is 4.79 Å². The number of carbonyl (C=O) groups is 1. The van der Waals surface area contributed by atoms with Gasteiger partial charge in [-0.15, -0.1) is 0 Å². The van der Waals surface area contributed by atoms with Crippen LogP contribution in [0.3, 0.4) is 0 Å². The summed E-state index contributed by atoms with van der Waals surface area (Å²) in [4.78, 5) is 12.1. The summed E-state index contributed by atoms with van der Waals surface area (Å²) in [5, 5.41) is 0. The Kier molecular flexibility index (Phi) is 2.72. The van der Waals surface area contributed by atoms with Crippen LogP contribution in [0.25, 0.3) is 0 Å². The van der Waals surface area contributed by atoms with Gasteiger partial charge in [-0.05, 0) is 38.7 Å². The topological polar surface area (TPSA) is 35.5 Å². The lowest BCUT2D eigenvalue weighted by molar-refractivity contribution is -0.169. The number of esters is 1. The molecule has 2 rings (SSSR count). The van der Waals surface area contributed by atoms with E-state index in [1.165, 1.54) is 7.11 Å². The van der Waals surface area contributed by atoms with Crippen LogP contribution >= 0.6 is 0 Å². The number of allylic oxidation sites excluding steroid dienone is 1. The molecule has 2 atom stereocenters. The average Bonchev–Trinajstić information content (AvgIpc) is 2.61. The summed E-state index contributed by atoms with van der Waals surface area (Å²) in [6.45, 7) is 4.02. The first-order chi connectivity index (χ1) is 7.60. The van der Waals surface area contributed by atoms with Crippen LogP contribution in [-0.4, -0.2) is 18.7 Å². The third kappa shape index (κ3) is 1.30. The highest BCUT2D eigenvalue weighted by atomic mass is 16.5. The van der Waals surface area contributed by atoms with Gasteiger partial charge in [-0.25, -0.2) is 0 Å². The first-order valence-corrected chi connectivity index (χ1v) is 6.07. The van der Waals surface area contributed by atoms with Crippen molar-refractivity contribution in [2.45, 2.75) is 51.6 Å². The highest BCUT2D eigenvalue weighted by Gasteiger charge is 2.61. The van der Waals surface area contributed by atoms with Crippen LogP contribution in [0.1, 0.15) is 46.0 Å². The number of methoxy groups -OCH3 is 1. The lowest BCUT2D eigenvalue weighted by atomic mass is 9.62. The molecule has 2 aliphatic rings. The van der Waals surface area contributed by atoms with Gasteiger partial charge in [0.1, 0.15) is 11.0 Å². The Balaban J connectivity index is 2.45. The van der Waals surface area contributed by atoms with Crippen LogP contribution in [0, 0.1) is 5.41 Å². The molecule has 0 radical (unpaired) electrons. The molecule has 0 saturated heterocycles. The quantitative estimate of drug-likeness (QED) is 0.677. The van der Waals surface area contributed by atoms with E-state index < -0.39 is 5.41 Å². The van der Waals surface area contributed by atoms with Crippen molar-refractivity contribution in [2.75, 3.05) is 7.11 Å². The average molecular weight is 224 g/mol. The van der Waals surface area contributed by atoms with Crippen molar-refractivity contribution in [1.82, 2.24) is 0 Å². The van der Waals surface area contributed by atoms with E-state index in [0.717, 1.165) is 37.9 Å². The van der Waals surface area contributed by atoms with E-state index >= 15 is 0 Å². The van der Waals surface area contributed by atoms with Gasteiger partial charge in [0.05, 0.1) is 12.9 Å². The summed E-state index contributed by atoms with van der Waals surface area (Å²) in [6, 6.07) is 0. The van der Waals surface area contributed by atoms with E-state index in [0.29, 0.717) is 0 Å². The minimum Gasteiger partial charge on any atom is -0.491 e. The van der Waals surface area contributed by atoms with Gasteiger partial charge >= 0.3 is 5.97 Å². The maximum Gasteiger partial charge on any atom is 0.319 e. The minimum atomic E-state index is -0.529. The second-order valence-corrected chi connectivity index (χ2v) is 4.87. The van der Waals surface area contributed by atoms with Gasteiger partial charge in [-0.2, -0.15) is 0 Å². The summed E-state index contributed by atoms with van der Waals surface area (Å²) in [6.07, 6.45) is 6.85. The first kappa shape index (κ1) is 11.5. The number of hydrogen-bond donors (Lipinski definition) is 0. The standard InChI is InChI=1S/C13H20O3/c1-4-13-8-6-5-7-12(13,11(14)15-3)9-10(2)16-13/h9H,4-8H2,1-3H3/t12-,13-/m1/s1. The van der Waals surface area contributed by atoms with Gasteiger partial charge in [0, 0.05) is 0 Å². The van der Waals surface area contributed by atoms with Crippen molar-refractivity contribution < 1.29 is 14.3 Å². The normalized spacial score (nSPS) is 37.3. The van der Waals surface area contributed by atoms with E-state index in [4.69, 9.17) is 9.47 Å².